The smallest absolute Gasteiger partial charge is 0.462 e. The molecule has 0 rings (SSSR count). The molecule has 0 aromatic heterocycles. The molecule has 7 atom stereocenters. The second-order valence-corrected chi connectivity index (χ2v) is 27.4. The van der Waals surface area contributed by atoms with Gasteiger partial charge in [-0.15, -0.1) is 0 Å². The van der Waals surface area contributed by atoms with Crippen molar-refractivity contribution in [1.82, 2.24) is 0 Å². The van der Waals surface area contributed by atoms with E-state index in [4.69, 9.17) is 37.0 Å². The summed E-state index contributed by atoms with van der Waals surface area (Å²) in [6.45, 7) is 11.7. The van der Waals surface area contributed by atoms with Crippen LogP contribution < -0.4 is 0 Å². The van der Waals surface area contributed by atoms with Crippen LogP contribution in [0.1, 0.15) is 318 Å². The molecule has 0 saturated carbocycles. The van der Waals surface area contributed by atoms with Gasteiger partial charge in [0, 0.05) is 25.7 Å². The summed E-state index contributed by atoms with van der Waals surface area (Å²) in [5, 5.41) is 10.5. The second-order valence-electron chi connectivity index (χ2n) is 24.5. The van der Waals surface area contributed by atoms with Crippen molar-refractivity contribution in [2.24, 2.45) is 17.8 Å². The van der Waals surface area contributed by atoms with E-state index in [9.17, 15) is 43.2 Å². The molecule has 0 aliphatic carbocycles. The van der Waals surface area contributed by atoms with Crippen LogP contribution in [0.3, 0.4) is 0 Å². The molecule has 0 radical (unpaired) electrons. The highest BCUT2D eigenvalue weighted by atomic mass is 31.2. The van der Waals surface area contributed by atoms with Gasteiger partial charge in [-0.25, -0.2) is 9.13 Å². The molecule has 0 saturated heterocycles. The van der Waals surface area contributed by atoms with Crippen molar-refractivity contribution < 1.29 is 80.2 Å². The van der Waals surface area contributed by atoms with E-state index in [1.165, 1.54) is 116 Å². The number of carbonyl (C=O) groups is 4. The van der Waals surface area contributed by atoms with E-state index in [2.05, 4.69) is 48.5 Å². The summed E-state index contributed by atoms with van der Waals surface area (Å²) < 4.78 is 68.0. The molecule has 0 aromatic carbocycles. The highest BCUT2D eigenvalue weighted by Gasteiger charge is 2.30. The molecule has 0 aromatic rings. The standard InChI is InChI=1S/C65H126O17P2/c1-8-11-12-13-14-15-16-17-18-19-20-23-34-41-48-64(69)81-60(52-75-62(67)46-39-32-24-21-22-29-36-43-56(4)5)54-79-83(71,72)77-50-59(66)51-78-84(73,74)80-55-61(82-65(70)49-42-35-28-26-31-38-45-58(7)10-3)53-76-63(68)47-40-33-27-25-30-37-44-57(6)9-2/h56-61,66H,8-55H2,1-7H3,(H,71,72)(H,73,74)/t57?,58?,59-,60-,61-/m1/s1. The predicted octanol–water partition coefficient (Wildman–Crippen LogP) is 17.9. The van der Waals surface area contributed by atoms with Gasteiger partial charge in [0.05, 0.1) is 26.4 Å². The maximum atomic E-state index is 13.0. The monoisotopic (exact) mass is 1240 g/mol. The first-order valence-corrected chi connectivity index (χ1v) is 36.9. The van der Waals surface area contributed by atoms with Gasteiger partial charge in [0.25, 0.3) is 0 Å². The third-order valence-corrected chi connectivity index (χ3v) is 17.5. The van der Waals surface area contributed by atoms with Crippen LogP contribution in [0.2, 0.25) is 0 Å². The molecule has 0 aliphatic rings. The van der Waals surface area contributed by atoms with Gasteiger partial charge < -0.3 is 33.8 Å². The van der Waals surface area contributed by atoms with Gasteiger partial charge in [-0.2, -0.15) is 0 Å². The van der Waals surface area contributed by atoms with Gasteiger partial charge in [0.15, 0.2) is 12.2 Å². The van der Waals surface area contributed by atoms with E-state index in [0.717, 1.165) is 115 Å². The summed E-state index contributed by atoms with van der Waals surface area (Å²) >= 11 is 0. The lowest BCUT2D eigenvalue weighted by Crippen LogP contribution is -2.30. The Bertz CT molecular complexity index is 1670. The van der Waals surface area contributed by atoms with Gasteiger partial charge in [-0.3, -0.25) is 37.3 Å². The van der Waals surface area contributed by atoms with Crippen molar-refractivity contribution >= 4 is 39.5 Å². The fourth-order valence-electron chi connectivity index (χ4n) is 9.59. The highest BCUT2D eigenvalue weighted by molar-refractivity contribution is 7.47. The zero-order valence-electron chi connectivity index (χ0n) is 54.4. The number of esters is 4. The van der Waals surface area contributed by atoms with Gasteiger partial charge in [0.2, 0.25) is 0 Å². The molecule has 4 unspecified atom stereocenters. The van der Waals surface area contributed by atoms with Crippen molar-refractivity contribution in [2.45, 2.75) is 336 Å². The minimum atomic E-state index is -4.95. The molecular formula is C65H126O17P2. The minimum absolute atomic E-state index is 0.102. The van der Waals surface area contributed by atoms with Gasteiger partial charge >= 0.3 is 39.5 Å². The van der Waals surface area contributed by atoms with Crippen LogP contribution in [0.15, 0.2) is 0 Å². The Labute approximate surface area is 511 Å². The van der Waals surface area contributed by atoms with E-state index in [0.29, 0.717) is 31.6 Å². The van der Waals surface area contributed by atoms with E-state index >= 15 is 0 Å². The number of phosphoric ester groups is 2. The van der Waals surface area contributed by atoms with Crippen molar-refractivity contribution in [3.63, 3.8) is 0 Å². The molecule has 498 valence electrons. The lowest BCUT2D eigenvalue weighted by molar-refractivity contribution is -0.161. The molecule has 3 N–H and O–H groups in total. The summed E-state index contributed by atoms with van der Waals surface area (Å²) in [6.07, 6.45) is 37.7. The molecule has 17 nitrogen and oxygen atoms in total. The quantitative estimate of drug-likeness (QED) is 0.0222. The molecule has 0 spiro atoms. The molecule has 19 heteroatoms. The number of unbranched alkanes of at least 4 members (excludes halogenated alkanes) is 29. The lowest BCUT2D eigenvalue weighted by atomic mass is 10.00. The Kier molecular flexibility index (Phi) is 55.0. The van der Waals surface area contributed by atoms with E-state index in [1.54, 1.807) is 0 Å². The van der Waals surface area contributed by atoms with Crippen LogP contribution >= 0.6 is 15.6 Å². The first kappa shape index (κ1) is 82.1. The fourth-order valence-corrected chi connectivity index (χ4v) is 11.2. The van der Waals surface area contributed by atoms with E-state index in [1.807, 2.05) is 0 Å². The molecule has 84 heavy (non-hydrogen) atoms. The Balaban J connectivity index is 5.25. The number of aliphatic hydroxyl groups is 1. The average molecular weight is 1240 g/mol. The number of phosphoric acid groups is 2. The minimum Gasteiger partial charge on any atom is -0.462 e. The number of ether oxygens (including phenoxy) is 4. The van der Waals surface area contributed by atoms with Crippen LogP contribution in [0.25, 0.3) is 0 Å². The molecule has 0 amide bonds. The summed E-state index contributed by atoms with van der Waals surface area (Å²) in [7, 11) is -9.89. The third kappa shape index (κ3) is 56.6. The molecule has 0 aliphatic heterocycles. The molecule has 0 heterocycles. The highest BCUT2D eigenvalue weighted by Crippen LogP contribution is 2.45. The Morgan fingerprint density at radius 3 is 0.905 bits per heavy atom. The number of hydrogen-bond acceptors (Lipinski definition) is 15. The summed E-state index contributed by atoms with van der Waals surface area (Å²) in [6, 6.07) is 0. The van der Waals surface area contributed by atoms with E-state index < -0.39 is 97.5 Å². The van der Waals surface area contributed by atoms with Crippen molar-refractivity contribution in [3.8, 4) is 0 Å². The Morgan fingerprint density at radius 2 is 0.607 bits per heavy atom. The van der Waals surface area contributed by atoms with Crippen molar-refractivity contribution in [1.29, 1.82) is 0 Å². The maximum absolute atomic E-state index is 13.0. The van der Waals surface area contributed by atoms with Gasteiger partial charge in [-0.1, -0.05) is 267 Å². The fraction of sp³-hybridized carbons (Fsp3) is 0.938. The van der Waals surface area contributed by atoms with Crippen LogP contribution in [0.5, 0.6) is 0 Å². The number of aliphatic hydroxyl groups excluding tert-OH is 1. The largest absolute Gasteiger partial charge is 0.472 e. The lowest BCUT2D eigenvalue weighted by Gasteiger charge is -2.21. The third-order valence-electron chi connectivity index (χ3n) is 15.6. The first-order chi connectivity index (χ1) is 40.3. The summed E-state index contributed by atoms with van der Waals surface area (Å²) in [5.41, 5.74) is 0. The summed E-state index contributed by atoms with van der Waals surface area (Å²) in [4.78, 5) is 72.2. The maximum Gasteiger partial charge on any atom is 0.472 e. The number of hydrogen-bond donors (Lipinski definition) is 3. The zero-order chi connectivity index (χ0) is 62.4. The normalized spacial score (nSPS) is 15.0. The first-order valence-electron chi connectivity index (χ1n) is 33.9. The predicted molar refractivity (Wildman–Crippen MR) is 335 cm³/mol. The van der Waals surface area contributed by atoms with Gasteiger partial charge in [-0.05, 0) is 43.4 Å². The second kappa shape index (κ2) is 56.3. The Hall–Kier alpha value is -1.94. The number of rotatable bonds is 63. The molecule has 0 fully saturated rings. The molecule has 0 bridgehead atoms. The topological polar surface area (TPSA) is 237 Å². The zero-order valence-corrected chi connectivity index (χ0v) is 56.1. The number of carbonyl (C=O) groups excluding carboxylic acids is 4. The Morgan fingerprint density at radius 1 is 0.345 bits per heavy atom. The average Bonchev–Trinajstić information content (AvgIpc) is 3.61. The van der Waals surface area contributed by atoms with Crippen LogP contribution in [-0.2, 0) is 65.4 Å². The van der Waals surface area contributed by atoms with Crippen LogP contribution in [-0.4, -0.2) is 96.7 Å². The van der Waals surface area contributed by atoms with Crippen LogP contribution in [0, 0.1) is 17.8 Å². The van der Waals surface area contributed by atoms with E-state index in [-0.39, 0.29) is 25.7 Å². The van der Waals surface area contributed by atoms with Crippen LogP contribution in [0.4, 0.5) is 0 Å². The van der Waals surface area contributed by atoms with Gasteiger partial charge in [0.1, 0.15) is 19.3 Å². The SMILES string of the molecule is CCCCCCCCCCCCCCCCC(=O)O[C@H](COC(=O)CCCCCCCCCC(C)C)COP(=O)(O)OC[C@@H](O)COP(=O)(O)OC[C@@H](COC(=O)CCCCCCCCC(C)CC)OC(=O)CCCCCCCCC(C)CC. The van der Waals surface area contributed by atoms with Crippen molar-refractivity contribution in [3.05, 3.63) is 0 Å². The van der Waals surface area contributed by atoms with Crippen molar-refractivity contribution in [2.75, 3.05) is 39.6 Å². The molecular weight excluding hydrogens is 1110 g/mol. The summed E-state index contributed by atoms with van der Waals surface area (Å²) in [5.74, 6) is 0.0186.